The summed E-state index contributed by atoms with van der Waals surface area (Å²) in [5, 5.41) is 12.3. The molecule has 2 atom stereocenters. The van der Waals surface area contributed by atoms with Gasteiger partial charge in [-0.3, -0.25) is 8.80 Å². The fourth-order valence-corrected chi connectivity index (χ4v) is 12.9. The second kappa shape index (κ2) is 17.1. The van der Waals surface area contributed by atoms with Gasteiger partial charge < -0.3 is 9.46 Å². The van der Waals surface area contributed by atoms with E-state index in [9.17, 15) is 9.46 Å². The number of halogens is 1. The maximum atomic E-state index is 14.4. The van der Waals surface area contributed by atoms with Gasteiger partial charge in [-0.15, -0.1) is 0 Å². The van der Waals surface area contributed by atoms with Crippen LogP contribution in [0.5, 0.6) is 0 Å². The minimum atomic E-state index is -2.84. The van der Waals surface area contributed by atoms with Crippen LogP contribution in [0, 0.1) is 12.8 Å². The number of aromatic nitrogens is 4. The van der Waals surface area contributed by atoms with E-state index in [4.69, 9.17) is 21.6 Å². The number of imidazole rings is 2. The van der Waals surface area contributed by atoms with Crippen molar-refractivity contribution in [1.82, 2.24) is 18.8 Å². The Hall–Kier alpha value is -7.69. The molecule has 2 aliphatic carbocycles. The summed E-state index contributed by atoms with van der Waals surface area (Å²) in [5.41, 5.74) is 10.5. The molecule has 4 heterocycles. The minimum Gasteiger partial charge on any atom is -0.617 e. The molecule has 6 nitrogen and oxygen atoms in total. The van der Waals surface area contributed by atoms with Gasteiger partial charge in [0.2, 0.25) is 5.57 Å². The van der Waals surface area contributed by atoms with Crippen LogP contribution in [-0.2, 0) is 4.57 Å². The molecule has 328 valence electrons. The number of hydrogen-bond acceptors (Lipinski definition) is 4. The van der Waals surface area contributed by atoms with E-state index in [1.165, 1.54) is 5.39 Å². The summed E-state index contributed by atoms with van der Waals surface area (Å²) in [4.78, 5) is 21.1. The molecule has 0 saturated heterocycles. The molecule has 0 aliphatic heterocycles. The van der Waals surface area contributed by atoms with Crippen molar-refractivity contribution in [2.45, 2.75) is 0 Å². The van der Waals surface area contributed by atoms with Crippen LogP contribution in [-0.4, -0.2) is 31.7 Å². The Morgan fingerprint density at radius 2 is 1.13 bits per heavy atom. The monoisotopic (exact) mass is 946 g/mol. The third-order valence-electron chi connectivity index (χ3n) is 13.2. The molecule has 4 aromatic heterocycles. The van der Waals surface area contributed by atoms with Crippen molar-refractivity contribution in [2.24, 2.45) is 0 Å². The average Bonchev–Trinajstić information content (AvgIpc) is 3.99. The van der Waals surface area contributed by atoms with Crippen molar-refractivity contribution >= 4 is 131 Å². The SMILES string of the molecule is C=[P+]([O-])C1=C2[CH+]C=CC=C2[CH+]C=C1.CP(=O)(c1ccc2c(c1)c1ccccc1c1nc3ccccc3n21)c1cccc2ccccc12.Clc1ccc2c(c1)c1ccccc1c1nc3ccccc3n21. The van der Waals surface area contributed by atoms with E-state index >= 15 is 0 Å². The Labute approximate surface area is 404 Å². The van der Waals surface area contributed by atoms with Crippen LogP contribution < -0.4 is 15.5 Å². The Bertz CT molecular complexity index is 4310. The molecule has 8 aromatic carbocycles. The van der Waals surface area contributed by atoms with Crippen LogP contribution in [0.3, 0.4) is 0 Å². The molecule has 12 aromatic rings. The number of fused-ring (bicyclic) bond motifs is 18. The molecule has 0 N–H and O–H groups in total. The quantitative estimate of drug-likeness (QED) is 0.100. The highest BCUT2D eigenvalue weighted by atomic mass is 35.5. The van der Waals surface area contributed by atoms with Crippen molar-refractivity contribution in [3.8, 4) is 0 Å². The lowest BCUT2D eigenvalue weighted by atomic mass is 9.92. The molecule has 9 heteroatoms. The summed E-state index contributed by atoms with van der Waals surface area (Å²) < 4.78 is 18.9. The second-order valence-electron chi connectivity index (χ2n) is 17.3. The molecular weight excluding hydrogens is 906 g/mol. The number of hydrogen-bond donors (Lipinski definition) is 0. The lowest BCUT2D eigenvalue weighted by Crippen LogP contribution is -2.16. The first-order valence-corrected chi connectivity index (χ1v) is 26.6. The van der Waals surface area contributed by atoms with Crippen molar-refractivity contribution in [3.63, 3.8) is 0 Å². The van der Waals surface area contributed by atoms with E-state index < -0.39 is 14.9 Å². The predicted molar refractivity (Wildman–Crippen MR) is 293 cm³/mol. The number of nitrogens with zero attached hydrogens (tertiary/aromatic N) is 4. The zero-order valence-corrected chi connectivity index (χ0v) is 39.9. The topological polar surface area (TPSA) is 74.7 Å². The number of rotatable bonds is 3. The summed E-state index contributed by atoms with van der Waals surface area (Å²) in [6.07, 6.45) is 17.3. The van der Waals surface area contributed by atoms with E-state index in [2.05, 4.69) is 124 Å². The number of pyridine rings is 2. The minimum absolute atomic E-state index is 0.751. The van der Waals surface area contributed by atoms with Crippen LogP contribution in [0.15, 0.2) is 223 Å². The molecule has 0 amide bonds. The molecule has 69 heavy (non-hydrogen) atoms. The summed E-state index contributed by atoms with van der Waals surface area (Å²) >= 11 is 6.24. The summed E-state index contributed by atoms with van der Waals surface area (Å²) in [7, 11) is -4.34. The van der Waals surface area contributed by atoms with Gasteiger partial charge in [0.1, 0.15) is 30.6 Å². The highest BCUT2D eigenvalue weighted by molar-refractivity contribution is 7.78. The Morgan fingerprint density at radius 3 is 1.78 bits per heavy atom. The highest BCUT2D eigenvalue weighted by Crippen LogP contribution is 2.43. The van der Waals surface area contributed by atoms with Gasteiger partial charge in [-0.05, 0) is 88.9 Å². The Balaban J connectivity index is 0.000000120. The summed E-state index contributed by atoms with van der Waals surface area (Å²) in [6, 6.07) is 59.8. The maximum absolute atomic E-state index is 14.4. The third kappa shape index (κ3) is 7.24. The first-order valence-electron chi connectivity index (χ1n) is 22.7. The van der Waals surface area contributed by atoms with E-state index in [-0.39, 0.29) is 0 Å². The molecule has 0 radical (unpaired) electrons. The van der Waals surface area contributed by atoms with Gasteiger partial charge >= 0.3 is 5.31 Å². The Morgan fingerprint density at radius 1 is 0.580 bits per heavy atom. The fourth-order valence-electron chi connectivity index (χ4n) is 9.99. The number of allylic oxidation sites excluding steroid dienone is 8. The molecular formula is C60H41ClN4O2P2+2. The standard InChI is InChI=1S/C30H21N2OP.C19H11ClN2.C11H9OP/c1-34(33,29-16-8-10-20-9-2-3-11-22(20)29)21-17-18-27-25(19-21)23-12-4-5-13-24(23)30-31-26-14-6-7-15-28(26)32(27)30;20-12-9-10-17-15(11-12)13-5-1-2-6-14(13)19-21-16-7-3-4-8-18(16)22(17)19;1-13(12)11-8-4-6-9-5-2-3-7-10(9)11/h2-19H,1H3;1-11H;2-8H,1H2/q;;+2. The zero-order chi connectivity index (χ0) is 46.8. The van der Waals surface area contributed by atoms with Crippen LogP contribution in [0.25, 0.3) is 87.5 Å². The molecule has 14 rings (SSSR count). The van der Waals surface area contributed by atoms with Crippen LogP contribution in [0.4, 0.5) is 0 Å². The lowest BCUT2D eigenvalue weighted by Gasteiger charge is -2.18. The Kier molecular flexibility index (Phi) is 10.6. The van der Waals surface area contributed by atoms with Crippen molar-refractivity contribution in [3.05, 3.63) is 241 Å². The van der Waals surface area contributed by atoms with E-state index in [1.54, 1.807) is 0 Å². The van der Waals surface area contributed by atoms with Gasteiger partial charge in [-0.1, -0.05) is 127 Å². The largest absolute Gasteiger partial charge is 0.617 e. The molecule has 0 spiro atoms. The van der Waals surface area contributed by atoms with Gasteiger partial charge in [0, 0.05) is 49.3 Å². The molecule has 2 aliphatic rings. The fraction of sp³-hybridized carbons (Fsp3) is 0.0167. The third-order valence-corrected chi connectivity index (χ3v) is 16.9. The van der Waals surface area contributed by atoms with Crippen LogP contribution >= 0.6 is 26.5 Å². The van der Waals surface area contributed by atoms with Crippen molar-refractivity contribution < 1.29 is 9.46 Å². The normalized spacial score (nSPS) is 14.4. The van der Waals surface area contributed by atoms with Gasteiger partial charge in [0.15, 0.2) is 13.3 Å². The molecule has 0 saturated carbocycles. The summed E-state index contributed by atoms with van der Waals surface area (Å²) in [6.45, 7) is 1.89. The molecule has 0 fully saturated rings. The first-order chi connectivity index (χ1) is 33.7. The van der Waals surface area contributed by atoms with E-state index in [0.717, 1.165) is 114 Å². The average molecular weight is 947 g/mol. The van der Waals surface area contributed by atoms with E-state index in [1.807, 2.05) is 117 Å². The first kappa shape index (κ1) is 42.6. The molecule has 0 bridgehead atoms. The lowest BCUT2D eigenvalue weighted by molar-refractivity contribution is -0.150. The van der Waals surface area contributed by atoms with E-state index in [0.29, 0.717) is 0 Å². The molecule has 2 unspecified atom stereocenters. The van der Waals surface area contributed by atoms with Gasteiger partial charge in [0.05, 0.1) is 58.3 Å². The smallest absolute Gasteiger partial charge is 0.305 e. The number of para-hydroxylation sites is 4. The van der Waals surface area contributed by atoms with Gasteiger partial charge in [-0.2, -0.15) is 0 Å². The van der Waals surface area contributed by atoms with Crippen molar-refractivity contribution in [2.75, 3.05) is 6.66 Å². The van der Waals surface area contributed by atoms with Crippen molar-refractivity contribution in [1.29, 1.82) is 0 Å². The van der Waals surface area contributed by atoms with Gasteiger partial charge in [0.25, 0.3) is 0 Å². The van der Waals surface area contributed by atoms with Crippen LogP contribution in [0.1, 0.15) is 0 Å². The van der Waals surface area contributed by atoms with Crippen LogP contribution in [0.2, 0.25) is 5.02 Å². The van der Waals surface area contributed by atoms with Gasteiger partial charge in [-0.25, -0.2) is 9.97 Å². The summed E-state index contributed by atoms with van der Waals surface area (Å²) in [5.74, 6) is 0. The predicted octanol–water partition coefficient (Wildman–Crippen LogP) is 14.2. The number of benzene rings is 8. The highest BCUT2D eigenvalue weighted by Gasteiger charge is 2.34. The second-order valence-corrected chi connectivity index (χ2v) is 21.8. The maximum Gasteiger partial charge on any atom is 0.305 e. The zero-order valence-electron chi connectivity index (χ0n) is 37.4.